The van der Waals surface area contributed by atoms with E-state index < -0.39 is 6.29 Å². The summed E-state index contributed by atoms with van der Waals surface area (Å²) in [6.07, 6.45) is 1.32. The quantitative estimate of drug-likeness (QED) is 0.535. The summed E-state index contributed by atoms with van der Waals surface area (Å²) in [7, 11) is 3.22. The number of rotatable bonds is 8. The van der Waals surface area contributed by atoms with Crippen LogP contribution in [0.3, 0.4) is 0 Å². The Morgan fingerprint density at radius 1 is 1.16 bits per heavy atom. The van der Waals surface area contributed by atoms with Crippen molar-refractivity contribution in [3.8, 4) is 11.5 Å². The highest BCUT2D eigenvalue weighted by Gasteiger charge is 2.09. The lowest BCUT2D eigenvalue weighted by atomic mass is 10.2. The molecule has 0 N–H and O–H groups in total. The number of ether oxygens (including phenoxy) is 4. The lowest BCUT2D eigenvalue weighted by molar-refractivity contribution is -0.139. The Morgan fingerprint density at radius 3 is 2.37 bits per heavy atom. The molecule has 1 aromatic rings. The Balaban J connectivity index is 2.64. The summed E-state index contributed by atoms with van der Waals surface area (Å²) >= 11 is 0. The summed E-state index contributed by atoms with van der Waals surface area (Å²) in [5.41, 5.74) is 0.983. The lowest BCUT2D eigenvalue weighted by Gasteiger charge is -2.18. The number of hydrogen-bond acceptors (Lipinski definition) is 4. The van der Waals surface area contributed by atoms with E-state index in [-0.39, 0.29) is 6.10 Å². The SMILES string of the molecule is C=CC(OCc1ccc(OC)c(OC)c1)OC(C)C. The molecule has 1 aromatic carbocycles. The molecule has 0 heterocycles. The molecule has 0 bridgehead atoms. The van der Waals surface area contributed by atoms with Gasteiger partial charge in [-0.3, -0.25) is 0 Å². The van der Waals surface area contributed by atoms with Gasteiger partial charge in [-0.1, -0.05) is 12.6 Å². The Bertz CT molecular complexity index is 401. The van der Waals surface area contributed by atoms with Crippen molar-refractivity contribution in [3.63, 3.8) is 0 Å². The number of methoxy groups -OCH3 is 2. The van der Waals surface area contributed by atoms with Gasteiger partial charge in [0, 0.05) is 0 Å². The Labute approximate surface area is 114 Å². The first kappa shape index (κ1) is 15.5. The van der Waals surface area contributed by atoms with Gasteiger partial charge in [0.1, 0.15) is 0 Å². The van der Waals surface area contributed by atoms with Gasteiger partial charge in [0.25, 0.3) is 0 Å². The summed E-state index contributed by atoms with van der Waals surface area (Å²) in [6.45, 7) is 8.02. The van der Waals surface area contributed by atoms with Gasteiger partial charge in [-0.05, 0) is 37.6 Å². The largest absolute Gasteiger partial charge is 0.493 e. The maximum Gasteiger partial charge on any atom is 0.177 e. The Kier molecular flexibility index (Phi) is 6.39. The molecule has 1 rings (SSSR count). The molecular weight excluding hydrogens is 244 g/mol. The predicted octanol–water partition coefficient (Wildman–Crippen LogP) is 3.16. The molecule has 0 aliphatic heterocycles. The topological polar surface area (TPSA) is 36.9 Å². The van der Waals surface area contributed by atoms with Crippen LogP contribution >= 0.6 is 0 Å². The van der Waals surface area contributed by atoms with Crippen molar-refractivity contribution in [2.24, 2.45) is 0 Å². The molecule has 0 saturated heterocycles. The van der Waals surface area contributed by atoms with E-state index in [0.29, 0.717) is 18.1 Å². The monoisotopic (exact) mass is 266 g/mol. The average Bonchev–Trinajstić information content (AvgIpc) is 2.42. The second-order valence-electron chi connectivity index (χ2n) is 4.29. The van der Waals surface area contributed by atoms with Crippen molar-refractivity contribution in [1.82, 2.24) is 0 Å². The first-order valence-electron chi connectivity index (χ1n) is 6.21. The molecule has 0 fully saturated rings. The first-order chi connectivity index (χ1) is 9.10. The van der Waals surface area contributed by atoms with Gasteiger partial charge in [-0.2, -0.15) is 0 Å². The molecule has 1 unspecified atom stereocenters. The third kappa shape index (κ3) is 4.93. The van der Waals surface area contributed by atoms with Crippen LogP contribution < -0.4 is 9.47 Å². The predicted molar refractivity (Wildman–Crippen MR) is 74.5 cm³/mol. The molecule has 0 spiro atoms. The number of hydrogen-bond donors (Lipinski definition) is 0. The van der Waals surface area contributed by atoms with E-state index in [2.05, 4.69) is 6.58 Å². The smallest absolute Gasteiger partial charge is 0.177 e. The Morgan fingerprint density at radius 2 is 1.84 bits per heavy atom. The molecule has 0 radical (unpaired) electrons. The molecular formula is C15H22O4. The molecule has 0 saturated carbocycles. The third-order valence-electron chi connectivity index (χ3n) is 2.46. The fraction of sp³-hybridized carbons (Fsp3) is 0.467. The minimum atomic E-state index is -0.409. The molecule has 0 amide bonds. The number of benzene rings is 1. The van der Waals surface area contributed by atoms with E-state index in [1.165, 1.54) is 0 Å². The van der Waals surface area contributed by atoms with Crippen LogP contribution in [0.15, 0.2) is 30.9 Å². The van der Waals surface area contributed by atoms with Gasteiger partial charge in [0.15, 0.2) is 17.8 Å². The van der Waals surface area contributed by atoms with Crippen LogP contribution in [-0.4, -0.2) is 26.6 Å². The second-order valence-corrected chi connectivity index (χ2v) is 4.29. The summed E-state index contributed by atoms with van der Waals surface area (Å²) in [4.78, 5) is 0. The van der Waals surface area contributed by atoms with Crippen LogP contribution in [0.2, 0.25) is 0 Å². The van der Waals surface area contributed by atoms with Gasteiger partial charge in [0.2, 0.25) is 0 Å². The van der Waals surface area contributed by atoms with Gasteiger partial charge >= 0.3 is 0 Å². The van der Waals surface area contributed by atoms with Gasteiger partial charge < -0.3 is 18.9 Å². The minimum Gasteiger partial charge on any atom is -0.493 e. The van der Waals surface area contributed by atoms with Crippen molar-refractivity contribution >= 4 is 0 Å². The van der Waals surface area contributed by atoms with Crippen molar-refractivity contribution in [2.45, 2.75) is 32.8 Å². The highest BCUT2D eigenvalue weighted by molar-refractivity contribution is 5.42. The van der Waals surface area contributed by atoms with E-state index in [9.17, 15) is 0 Å². The molecule has 19 heavy (non-hydrogen) atoms. The van der Waals surface area contributed by atoms with E-state index in [4.69, 9.17) is 18.9 Å². The molecule has 4 nitrogen and oxygen atoms in total. The van der Waals surface area contributed by atoms with Crippen LogP contribution in [0, 0.1) is 0 Å². The molecule has 106 valence electrons. The van der Waals surface area contributed by atoms with Crippen LogP contribution in [-0.2, 0) is 16.1 Å². The summed E-state index contributed by atoms with van der Waals surface area (Å²) in [6, 6.07) is 5.66. The third-order valence-corrected chi connectivity index (χ3v) is 2.46. The summed E-state index contributed by atoms with van der Waals surface area (Å²) in [5, 5.41) is 0. The van der Waals surface area contributed by atoms with E-state index in [0.717, 1.165) is 5.56 Å². The zero-order chi connectivity index (χ0) is 14.3. The van der Waals surface area contributed by atoms with Crippen molar-refractivity contribution in [3.05, 3.63) is 36.4 Å². The highest BCUT2D eigenvalue weighted by Crippen LogP contribution is 2.27. The van der Waals surface area contributed by atoms with Crippen molar-refractivity contribution in [2.75, 3.05) is 14.2 Å². The maximum atomic E-state index is 5.62. The lowest BCUT2D eigenvalue weighted by Crippen LogP contribution is -2.18. The molecule has 0 aliphatic carbocycles. The summed E-state index contributed by atoms with van der Waals surface area (Å²) in [5.74, 6) is 1.38. The van der Waals surface area contributed by atoms with Crippen LogP contribution in [0.25, 0.3) is 0 Å². The average molecular weight is 266 g/mol. The molecule has 0 aliphatic rings. The van der Waals surface area contributed by atoms with Crippen molar-refractivity contribution < 1.29 is 18.9 Å². The highest BCUT2D eigenvalue weighted by atomic mass is 16.7. The maximum absolute atomic E-state index is 5.62. The van der Waals surface area contributed by atoms with E-state index in [1.807, 2.05) is 32.0 Å². The van der Waals surface area contributed by atoms with Gasteiger partial charge in [0.05, 0.1) is 26.9 Å². The van der Waals surface area contributed by atoms with Crippen LogP contribution in [0.5, 0.6) is 11.5 Å². The Hall–Kier alpha value is -1.52. The fourth-order valence-corrected chi connectivity index (χ4v) is 1.58. The normalized spacial score (nSPS) is 12.3. The molecule has 1 atom stereocenters. The zero-order valence-electron chi connectivity index (χ0n) is 12.0. The fourth-order valence-electron chi connectivity index (χ4n) is 1.58. The van der Waals surface area contributed by atoms with Gasteiger partial charge in [-0.15, -0.1) is 0 Å². The van der Waals surface area contributed by atoms with Crippen molar-refractivity contribution in [1.29, 1.82) is 0 Å². The van der Waals surface area contributed by atoms with E-state index >= 15 is 0 Å². The van der Waals surface area contributed by atoms with E-state index in [1.54, 1.807) is 20.3 Å². The standard InChI is InChI=1S/C15H22O4/c1-6-15(19-11(2)3)18-10-12-7-8-13(16-4)14(9-12)17-5/h6-9,11,15H,1,10H2,2-5H3. The molecule has 4 heteroatoms. The van der Waals surface area contributed by atoms with Crippen LogP contribution in [0.1, 0.15) is 19.4 Å². The van der Waals surface area contributed by atoms with Crippen LogP contribution in [0.4, 0.5) is 0 Å². The second kappa shape index (κ2) is 7.81. The first-order valence-corrected chi connectivity index (χ1v) is 6.21. The minimum absolute atomic E-state index is 0.0911. The molecule has 0 aromatic heterocycles. The summed E-state index contributed by atoms with van der Waals surface area (Å²) < 4.78 is 21.6. The zero-order valence-corrected chi connectivity index (χ0v) is 12.0. The van der Waals surface area contributed by atoms with Gasteiger partial charge in [-0.25, -0.2) is 0 Å².